The molecule has 4 heteroatoms. The third-order valence-electron chi connectivity index (χ3n) is 2.39. The predicted octanol–water partition coefficient (Wildman–Crippen LogP) is 1.43. The molecule has 0 unspecified atom stereocenters. The fraction of sp³-hybridized carbons (Fsp3) is 0.438. The van der Waals surface area contributed by atoms with E-state index in [0.29, 0.717) is 13.1 Å². The van der Waals surface area contributed by atoms with E-state index in [-0.39, 0.29) is 18.1 Å². The predicted molar refractivity (Wildman–Crippen MR) is 79.9 cm³/mol. The van der Waals surface area contributed by atoms with Crippen LogP contribution in [0.2, 0.25) is 0 Å². The molecule has 1 amide bonds. The first-order chi connectivity index (χ1) is 9.40. The molecule has 0 spiro atoms. The maximum atomic E-state index is 11.6. The van der Waals surface area contributed by atoms with Crippen LogP contribution in [-0.2, 0) is 16.1 Å². The number of nitrogens with two attached hydrogens (primary N) is 1. The van der Waals surface area contributed by atoms with Gasteiger partial charge in [-0.25, -0.2) is 0 Å². The minimum atomic E-state index is -0.310. The minimum Gasteiger partial charge on any atom is -0.366 e. The van der Waals surface area contributed by atoms with Crippen molar-refractivity contribution in [1.29, 1.82) is 0 Å². The first kappa shape index (κ1) is 16.2. The third kappa shape index (κ3) is 6.93. The lowest BCUT2D eigenvalue weighted by Gasteiger charge is -2.19. The Morgan fingerprint density at radius 3 is 2.80 bits per heavy atom. The van der Waals surface area contributed by atoms with E-state index in [9.17, 15) is 4.79 Å². The second-order valence-electron chi connectivity index (χ2n) is 5.38. The maximum Gasteiger partial charge on any atom is 0.246 e. The van der Waals surface area contributed by atoms with Gasteiger partial charge in [-0.3, -0.25) is 4.79 Å². The molecule has 0 aliphatic rings. The number of amides is 1. The number of hydrogen-bond donors (Lipinski definition) is 2. The van der Waals surface area contributed by atoms with E-state index in [4.69, 9.17) is 10.5 Å². The summed E-state index contributed by atoms with van der Waals surface area (Å²) in [5.41, 5.74) is 6.92. The van der Waals surface area contributed by atoms with E-state index in [0.717, 1.165) is 11.1 Å². The molecular weight excluding hydrogens is 252 g/mol. The number of rotatable bonds is 4. The first-order valence-corrected chi connectivity index (χ1v) is 6.59. The van der Waals surface area contributed by atoms with Gasteiger partial charge in [0.1, 0.15) is 6.61 Å². The second kappa shape index (κ2) is 7.68. The Morgan fingerprint density at radius 1 is 1.40 bits per heavy atom. The van der Waals surface area contributed by atoms with Crippen molar-refractivity contribution in [3.63, 3.8) is 0 Å². The topological polar surface area (TPSA) is 64.3 Å². The van der Waals surface area contributed by atoms with Gasteiger partial charge in [0.25, 0.3) is 0 Å². The van der Waals surface area contributed by atoms with Gasteiger partial charge in [0.05, 0.1) is 12.1 Å². The Hall–Kier alpha value is -1.83. The summed E-state index contributed by atoms with van der Waals surface area (Å²) in [6.45, 7) is 6.62. The summed E-state index contributed by atoms with van der Waals surface area (Å²) in [5, 5.41) is 2.82. The van der Waals surface area contributed by atoms with E-state index in [2.05, 4.69) is 17.2 Å². The van der Waals surface area contributed by atoms with Crippen molar-refractivity contribution in [2.75, 3.05) is 13.2 Å². The van der Waals surface area contributed by atoms with Crippen molar-refractivity contribution < 1.29 is 9.53 Å². The Kier molecular flexibility index (Phi) is 6.23. The number of hydrogen-bond acceptors (Lipinski definition) is 3. The van der Waals surface area contributed by atoms with Crippen molar-refractivity contribution in [2.24, 2.45) is 5.73 Å². The number of ether oxygens (including phenoxy) is 1. The van der Waals surface area contributed by atoms with Crippen molar-refractivity contribution in [3.8, 4) is 11.8 Å². The van der Waals surface area contributed by atoms with E-state index >= 15 is 0 Å². The maximum absolute atomic E-state index is 11.6. The van der Waals surface area contributed by atoms with Crippen LogP contribution in [-0.4, -0.2) is 24.7 Å². The van der Waals surface area contributed by atoms with Gasteiger partial charge < -0.3 is 15.8 Å². The number of benzene rings is 1. The molecule has 4 nitrogen and oxygen atoms in total. The number of nitrogens with one attached hydrogen (secondary N) is 1. The molecule has 1 aromatic carbocycles. The van der Waals surface area contributed by atoms with Crippen LogP contribution < -0.4 is 11.1 Å². The third-order valence-corrected chi connectivity index (χ3v) is 2.39. The van der Waals surface area contributed by atoms with Crippen molar-refractivity contribution >= 4 is 5.91 Å². The lowest BCUT2D eigenvalue weighted by Crippen LogP contribution is -2.31. The van der Waals surface area contributed by atoms with E-state index in [1.807, 2.05) is 45.0 Å². The Labute approximate surface area is 120 Å². The van der Waals surface area contributed by atoms with Gasteiger partial charge in [-0.1, -0.05) is 24.0 Å². The molecule has 0 atom stereocenters. The Bertz CT molecular complexity index is 507. The molecule has 0 heterocycles. The van der Waals surface area contributed by atoms with Crippen molar-refractivity contribution in [1.82, 2.24) is 5.32 Å². The summed E-state index contributed by atoms with van der Waals surface area (Å²) in [6, 6.07) is 7.70. The lowest BCUT2D eigenvalue weighted by molar-refractivity contribution is -0.130. The van der Waals surface area contributed by atoms with Gasteiger partial charge in [0.15, 0.2) is 0 Å². The van der Waals surface area contributed by atoms with Crippen LogP contribution in [0.5, 0.6) is 0 Å². The van der Waals surface area contributed by atoms with Crippen LogP contribution in [0.1, 0.15) is 31.9 Å². The largest absolute Gasteiger partial charge is 0.366 e. The molecule has 1 aromatic rings. The number of carbonyl (C=O) groups is 1. The van der Waals surface area contributed by atoms with Crippen molar-refractivity contribution in [3.05, 3.63) is 35.4 Å². The lowest BCUT2D eigenvalue weighted by atomic mass is 10.1. The molecule has 108 valence electrons. The van der Waals surface area contributed by atoms with Crippen LogP contribution in [0, 0.1) is 11.8 Å². The fourth-order valence-corrected chi connectivity index (χ4v) is 1.45. The highest BCUT2D eigenvalue weighted by atomic mass is 16.5. The average molecular weight is 274 g/mol. The van der Waals surface area contributed by atoms with Gasteiger partial charge >= 0.3 is 0 Å². The molecule has 20 heavy (non-hydrogen) atoms. The molecule has 1 rings (SSSR count). The van der Waals surface area contributed by atoms with Crippen LogP contribution in [0.4, 0.5) is 0 Å². The van der Waals surface area contributed by atoms with E-state index in [1.54, 1.807) is 0 Å². The zero-order valence-electron chi connectivity index (χ0n) is 12.3. The van der Waals surface area contributed by atoms with E-state index in [1.165, 1.54) is 0 Å². The average Bonchev–Trinajstić information content (AvgIpc) is 2.40. The molecule has 3 N–H and O–H groups in total. The molecule has 0 bridgehead atoms. The highest BCUT2D eigenvalue weighted by molar-refractivity contribution is 5.77. The summed E-state index contributed by atoms with van der Waals surface area (Å²) < 4.78 is 5.41. The molecule has 0 saturated carbocycles. The molecule has 0 radical (unpaired) electrons. The van der Waals surface area contributed by atoms with Gasteiger partial charge in [-0.05, 0) is 38.5 Å². The summed E-state index contributed by atoms with van der Waals surface area (Å²) in [5.74, 6) is 5.64. The zero-order valence-corrected chi connectivity index (χ0v) is 12.3. The highest BCUT2D eigenvalue weighted by Crippen LogP contribution is 2.06. The Morgan fingerprint density at radius 2 is 2.15 bits per heavy atom. The molecular formula is C16H22N2O2. The molecule has 0 aliphatic carbocycles. The summed E-state index contributed by atoms with van der Waals surface area (Å²) >= 11 is 0. The molecule has 0 aliphatic heterocycles. The molecule has 0 saturated heterocycles. The van der Waals surface area contributed by atoms with Crippen molar-refractivity contribution in [2.45, 2.75) is 32.9 Å². The summed E-state index contributed by atoms with van der Waals surface area (Å²) in [6.07, 6.45) is 0. The summed E-state index contributed by atoms with van der Waals surface area (Å²) in [4.78, 5) is 11.6. The van der Waals surface area contributed by atoms with Gasteiger partial charge in [-0.15, -0.1) is 0 Å². The second-order valence-corrected chi connectivity index (χ2v) is 5.38. The molecule has 0 fully saturated rings. The quantitative estimate of drug-likeness (QED) is 0.816. The highest BCUT2D eigenvalue weighted by Gasteiger charge is 2.12. The summed E-state index contributed by atoms with van der Waals surface area (Å²) in [7, 11) is 0. The van der Waals surface area contributed by atoms with Crippen LogP contribution in [0.15, 0.2) is 24.3 Å². The van der Waals surface area contributed by atoms with Crippen LogP contribution >= 0.6 is 0 Å². The van der Waals surface area contributed by atoms with Gasteiger partial charge in [0.2, 0.25) is 5.91 Å². The normalized spacial score (nSPS) is 10.6. The zero-order chi connectivity index (χ0) is 15.0. The van der Waals surface area contributed by atoms with Crippen LogP contribution in [0.3, 0.4) is 0 Å². The Balaban J connectivity index is 2.47. The monoisotopic (exact) mass is 274 g/mol. The fourth-order valence-electron chi connectivity index (χ4n) is 1.45. The smallest absolute Gasteiger partial charge is 0.246 e. The number of carbonyl (C=O) groups excluding carboxylic acids is 1. The minimum absolute atomic E-state index is 0.0656. The van der Waals surface area contributed by atoms with Crippen LogP contribution in [0.25, 0.3) is 0 Å². The SMILES string of the molecule is CC(C)(C)OCC(=O)NCc1cccc(C#CCN)c1. The van der Waals surface area contributed by atoms with E-state index < -0.39 is 0 Å². The first-order valence-electron chi connectivity index (χ1n) is 6.59. The van der Waals surface area contributed by atoms with Gasteiger partial charge in [-0.2, -0.15) is 0 Å². The standard InChI is InChI=1S/C16H22N2O2/c1-16(2,3)20-12-15(19)18-11-14-7-4-6-13(10-14)8-5-9-17/h4,6-7,10H,9,11-12,17H2,1-3H3,(H,18,19). The van der Waals surface area contributed by atoms with Gasteiger partial charge in [0, 0.05) is 12.1 Å². The molecule has 0 aromatic heterocycles.